The molecule has 0 radical (unpaired) electrons. The van der Waals surface area contributed by atoms with Crippen molar-refractivity contribution in [1.29, 1.82) is 0 Å². The first-order chi connectivity index (χ1) is 10.1. The van der Waals surface area contributed by atoms with E-state index in [1.54, 1.807) is 0 Å². The molecule has 1 fully saturated rings. The minimum Gasteiger partial charge on any atom is -0.347 e. The molecule has 0 atom stereocenters. The minimum absolute atomic E-state index is 0. The van der Waals surface area contributed by atoms with Crippen LogP contribution in [0.25, 0.3) is 0 Å². The molecule has 1 aliphatic heterocycles. The molecule has 122 valence electrons. The first-order valence-corrected chi connectivity index (χ1v) is 7.42. The summed E-state index contributed by atoms with van der Waals surface area (Å²) in [5.41, 5.74) is 2.87. The lowest BCUT2D eigenvalue weighted by Crippen LogP contribution is -2.41. The lowest BCUT2D eigenvalue weighted by atomic mass is 9.97. The summed E-state index contributed by atoms with van der Waals surface area (Å²) in [5.74, 6) is -0.179. The smallest absolute Gasteiger partial charge is 0.243 e. The Morgan fingerprint density at radius 3 is 2.36 bits per heavy atom. The number of hydrogen-bond acceptors (Lipinski definition) is 3. The van der Waals surface area contributed by atoms with Crippen molar-refractivity contribution in [1.82, 2.24) is 10.6 Å². The third-order valence-corrected chi connectivity index (χ3v) is 3.88. The van der Waals surface area contributed by atoms with Crippen molar-refractivity contribution in [3.63, 3.8) is 0 Å². The molecule has 1 saturated heterocycles. The van der Waals surface area contributed by atoms with Crippen LogP contribution in [0.1, 0.15) is 24.0 Å². The molecule has 0 unspecified atom stereocenters. The van der Waals surface area contributed by atoms with Crippen LogP contribution in [-0.2, 0) is 9.59 Å². The normalized spacial score (nSPS) is 14.8. The van der Waals surface area contributed by atoms with E-state index in [9.17, 15) is 9.59 Å². The summed E-state index contributed by atoms with van der Waals surface area (Å²) >= 11 is 0. The first kappa shape index (κ1) is 18.5. The van der Waals surface area contributed by atoms with Crippen LogP contribution in [0.4, 0.5) is 5.69 Å². The largest absolute Gasteiger partial charge is 0.347 e. The molecule has 1 heterocycles. The van der Waals surface area contributed by atoms with Gasteiger partial charge in [0.25, 0.3) is 0 Å². The molecule has 2 amide bonds. The predicted octanol–water partition coefficient (Wildman–Crippen LogP) is 1.78. The second-order valence-electron chi connectivity index (χ2n) is 5.56. The lowest BCUT2D eigenvalue weighted by Gasteiger charge is -2.21. The Hall–Kier alpha value is -1.59. The fraction of sp³-hybridized carbons (Fsp3) is 0.500. The number of anilines is 1. The van der Waals surface area contributed by atoms with Crippen molar-refractivity contribution in [3.05, 3.63) is 29.3 Å². The van der Waals surface area contributed by atoms with Crippen LogP contribution in [0, 0.1) is 19.8 Å². The number of hydrogen-bond donors (Lipinski definition) is 3. The third kappa shape index (κ3) is 5.00. The van der Waals surface area contributed by atoms with E-state index in [1.807, 2.05) is 32.0 Å². The Balaban J connectivity index is 0.00000242. The molecule has 5 nitrogen and oxygen atoms in total. The van der Waals surface area contributed by atoms with E-state index in [0.29, 0.717) is 0 Å². The number of aryl methyl sites for hydroxylation is 2. The molecule has 0 bridgehead atoms. The van der Waals surface area contributed by atoms with Crippen molar-refractivity contribution in [2.24, 2.45) is 5.92 Å². The average Bonchev–Trinajstić information content (AvgIpc) is 2.49. The van der Waals surface area contributed by atoms with Crippen LogP contribution in [0.5, 0.6) is 0 Å². The van der Waals surface area contributed by atoms with Crippen molar-refractivity contribution < 1.29 is 9.59 Å². The molecule has 1 aromatic rings. The van der Waals surface area contributed by atoms with Gasteiger partial charge in [-0.3, -0.25) is 9.59 Å². The van der Waals surface area contributed by atoms with Crippen LogP contribution in [0.2, 0.25) is 0 Å². The van der Waals surface area contributed by atoms with Crippen LogP contribution in [0.3, 0.4) is 0 Å². The standard InChI is InChI=1S/C16H23N3O2.ClH/c1-11-4-3-5-12(2)15(11)19-14(20)10-18-16(21)13-6-8-17-9-7-13;/h3-5,13,17H,6-10H2,1-2H3,(H,18,21)(H,19,20);1H. The van der Waals surface area contributed by atoms with E-state index in [4.69, 9.17) is 0 Å². The highest BCUT2D eigenvalue weighted by Crippen LogP contribution is 2.19. The van der Waals surface area contributed by atoms with Gasteiger partial charge in [-0.15, -0.1) is 12.4 Å². The van der Waals surface area contributed by atoms with Gasteiger partial charge in [-0.1, -0.05) is 18.2 Å². The van der Waals surface area contributed by atoms with E-state index in [2.05, 4.69) is 16.0 Å². The summed E-state index contributed by atoms with van der Waals surface area (Å²) in [6.07, 6.45) is 1.68. The number of para-hydroxylation sites is 1. The Bertz CT molecular complexity index is 508. The Morgan fingerprint density at radius 1 is 1.18 bits per heavy atom. The Kier molecular flexibility index (Phi) is 7.35. The van der Waals surface area contributed by atoms with Crippen LogP contribution in [0.15, 0.2) is 18.2 Å². The van der Waals surface area contributed by atoms with Gasteiger partial charge in [0.05, 0.1) is 6.54 Å². The molecular formula is C16H24ClN3O2. The van der Waals surface area contributed by atoms with Crippen molar-refractivity contribution in [2.45, 2.75) is 26.7 Å². The number of amides is 2. The fourth-order valence-corrected chi connectivity index (χ4v) is 2.59. The maximum Gasteiger partial charge on any atom is 0.243 e. The van der Waals surface area contributed by atoms with E-state index in [0.717, 1.165) is 42.7 Å². The maximum atomic E-state index is 12.0. The van der Waals surface area contributed by atoms with E-state index >= 15 is 0 Å². The van der Waals surface area contributed by atoms with Crippen molar-refractivity contribution >= 4 is 29.9 Å². The topological polar surface area (TPSA) is 70.2 Å². The molecule has 1 aliphatic rings. The predicted molar refractivity (Wildman–Crippen MR) is 90.4 cm³/mol. The minimum atomic E-state index is -0.185. The zero-order valence-electron chi connectivity index (χ0n) is 13.1. The number of rotatable bonds is 4. The van der Waals surface area contributed by atoms with E-state index in [-0.39, 0.29) is 36.7 Å². The SMILES string of the molecule is Cc1cccc(C)c1NC(=O)CNC(=O)C1CCNCC1.Cl. The molecular weight excluding hydrogens is 302 g/mol. The van der Waals surface area contributed by atoms with Gasteiger partial charge in [0.1, 0.15) is 0 Å². The third-order valence-electron chi connectivity index (χ3n) is 3.88. The highest BCUT2D eigenvalue weighted by molar-refractivity contribution is 5.96. The molecule has 3 N–H and O–H groups in total. The highest BCUT2D eigenvalue weighted by Gasteiger charge is 2.21. The summed E-state index contributed by atoms with van der Waals surface area (Å²) in [4.78, 5) is 23.9. The Morgan fingerprint density at radius 2 is 1.77 bits per heavy atom. The first-order valence-electron chi connectivity index (χ1n) is 7.42. The van der Waals surface area contributed by atoms with Crippen molar-refractivity contribution in [2.75, 3.05) is 25.0 Å². The molecule has 22 heavy (non-hydrogen) atoms. The summed E-state index contributed by atoms with van der Waals surface area (Å²) in [6, 6.07) is 5.87. The average molecular weight is 326 g/mol. The zero-order chi connectivity index (χ0) is 15.2. The molecule has 0 saturated carbocycles. The van der Waals surface area contributed by atoms with E-state index < -0.39 is 0 Å². The van der Waals surface area contributed by atoms with Crippen LogP contribution < -0.4 is 16.0 Å². The van der Waals surface area contributed by atoms with Gasteiger partial charge in [0, 0.05) is 11.6 Å². The number of benzene rings is 1. The van der Waals surface area contributed by atoms with Gasteiger partial charge >= 0.3 is 0 Å². The molecule has 0 spiro atoms. The Labute approximate surface area is 137 Å². The number of piperidine rings is 1. The number of carbonyl (C=O) groups excluding carboxylic acids is 2. The molecule has 2 rings (SSSR count). The van der Waals surface area contributed by atoms with Crippen LogP contribution in [-0.4, -0.2) is 31.4 Å². The molecule has 1 aromatic carbocycles. The van der Waals surface area contributed by atoms with Gasteiger partial charge < -0.3 is 16.0 Å². The van der Waals surface area contributed by atoms with Crippen LogP contribution >= 0.6 is 12.4 Å². The number of carbonyl (C=O) groups is 2. The summed E-state index contributed by atoms with van der Waals surface area (Å²) in [7, 11) is 0. The zero-order valence-corrected chi connectivity index (χ0v) is 13.9. The van der Waals surface area contributed by atoms with Gasteiger partial charge in [0.2, 0.25) is 11.8 Å². The highest BCUT2D eigenvalue weighted by atomic mass is 35.5. The lowest BCUT2D eigenvalue weighted by molar-refractivity contribution is -0.127. The summed E-state index contributed by atoms with van der Waals surface area (Å²) in [5, 5.41) is 8.82. The molecule has 0 aliphatic carbocycles. The number of halogens is 1. The quantitative estimate of drug-likeness (QED) is 0.790. The second-order valence-corrected chi connectivity index (χ2v) is 5.56. The van der Waals surface area contributed by atoms with Gasteiger partial charge in [-0.25, -0.2) is 0 Å². The van der Waals surface area contributed by atoms with Gasteiger partial charge in [0.15, 0.2) is 0 Å². The summed E-state index contributed by atoms with van der Waals surface area (Å²) in [6.45, 7) is 5.67. The molecule has 6 heteroatoms. The molecule has 0 aromatic heterocycles. The summed E-state index contributed by atoms with van der Waals surface area (Å²) < 4.78 is 0. The monoisotopic (exact) mass is 325 g/mol. The fourth-order valence-electron chi connectivity index (χ4n) is 2.59. The number of nitrogens with one attached hydrogen (secondary N) is 3. The van der Waals surface area contributed by atoms with Gasteiger partial charge in [-0.05, 0) is 50.9 Å². The van der Waals surface area contributed by atoms with E-state index in [1.165, 1.54) is 0 Å². The van der Waals surface area contributed by atoms with Crippen molar-refractivity contribution in [3.8, 4) is 0 Å². The second kappa shape index (κ2) is 8.76. The maximum absolute atomic E-state index is 12.0. The van der Waals surface area contributed by atoms with Gasteiger partial charge in [-0.2, -0.15) is 0 Å².